The maximum absolute atomic E-state index is 12.3. The average molecular weight is 439 g/mol. The Morgan fingerprint density at radius 3 is 2.50 bits per heavy atom. The first-order valence-electron chi connectivity index (χ1n) is 8.02. The van der Waals surface area contributed by atoms with E-state index in [1.807, 2.05) is 30.3 Å². The van der Waals surface area contributed by atoms with Gasteiger partial charge in [-0.25, -0.2) is 4.98 Å². The second kappa shape index (κ2) is 9.10. The summed E-state index contributed by atoms with van der Waals surface area (Å²) in [6, 6.07) is 14.0. The molecule has 1 heterocycles. The fourth-order valence-corrected chi connectivity index (χ4v) is 2.97. The minimum Gasteiger partial charge on any atom is -0.482 e. The highest BCUT2D eigenvalue weighted by molar-refractivity contribution is 6.35. The lowest BCUT2D eigenvalue weighted by Crippen LogP contribution is -2.21. The molecular weight excluding hydrogens is 425 g/mol. The van der Waals surface area contributed by atoms with Gasteiger partial charge in [0.1, 0.15) is 11.4 Å². The Balaban J connectivity index is 1.75. The molecule has 0 aliphatic heterocycles. The first kappa shape index (κ1) is 20.2. The highest BCUT2D eigenvalue weighted by Crippen LogP contribution is 2.32. The third kappa shape index (κ3) is 4.84. The summed E-state index contributed by atoms with van der Waals surface area (Å²) in [6.45, 7) is -0.304. The van der Waals surface area contributed by atoms with Gasteiger partial charge in [-0.1, -0.05) is 65.1 Å². The van der Waals surface area contributed by atoms with Gasteiger partial charge in [0.15, 0.2) is 17.6 Å². The van der Waals surface area contributed by atoms with Crippen LogP contribution in [0.5, 0.6) is 11.6 Å². The van der Waals surface area contributed by atoms with Crippen LogP contribution < -0.4 is 14.8 Å². The van der Waals surface area contributed by atoms with E-state index in [1.165, 1.54) is 13.2 Å². The number of carbonyl (C=O) groups excluding carboxylic acids is 1. The van der Waals surface area contributed by atoms with E-state index >= 15 is 0 Å². The molecule has 144 valence electrons. The van der Waals surface area contributed by atoms with Crippen LogP contribution in [0.15, 0.2) is 48.5 Å². The Hall–Kier alpha value is -2.54. The van der Waals surface area contributed by atoms with E-state index < -0.39 is 5.91 Å². The topological polar surface area (TPSA) is 73.3 Å². The molecular formula is C19H14Cl3N3O3. The van der Waals surface area contributed by atoms with E-state index in [4.69, 9.17) is 44.3 Å². The van der Waals surface area contributed by atoms with E-state index in [2.05, 4.69) is 15.3 Å². The minimum absolute atomic E-state index is 0.0450. The van der Waals surface area contributed by atoms with Gasteiger partial charge in [0, 0.05) is 10.6 Å². The van der Waals surface area contributed by atoms with Crippen LogP contribution in [-0.4, -0.2) is 29.6 Å². The summed E-state index contributed by atoms with van der Waals surface area (Å²) >= 11 is 18.1. The summed E-state index contributed by atoms with van der Waals surface area (Å²) in [5.74, 6) is 0.360. The molecule has 0 bridgehead atoms. The Bertz CT molecular complexity index is 1000. The van der Waals surface area contributed by atoms with Crippen molar-refractivity contribution in [2.24, 2.45) is 0 Å². The number of nitrogens with zero attached hydrogens (tertiary/aromatic N) is 2. The zero-order valence-electron chi connectivity index (χ0n) is 14.6. The summed E-state index contributed by atoms with van der Waals surface area (Å²) in [4.78, 5) is 20.8. The van der Waals surface area contributed by atoms with Crippen LogP contribution in [0.25, 0.3) is 11.4 Å². The fourth-order valence-electron chi connectivity index (χ4n) is 2.29. The number of methoxy groups -OCH3 is 1. The van der Waals surface area contributed by atoms with Crippen molar-refractivity contribution >= 4 is 46.4 Å². The SMILES string of the molecule is COc1nc(-c2ccccc2)nc(Cl)c1NC(=O)COc1ccc(Cl)cc1Cl. The summed E-state index contributed by atoms with van der Waals surface area (Å²) in [7, 11) is 1.42. The van der Waals surface area contributed by atoms with Crippen molar-refractivity contribution in [1.29, 1.82) is 0 Å². The molecule has 1 N–H and O–H groups in total. The highest BCUT2D eigenvalue weighted by atomic mass is 35.5. The lowest BCUT2D eigenvalue weighted by molar-refractivity contribution is -0.118. The van der Waals surface area contributed by atoms with E-state index in [9.17, 15) is 4.79 Å². The van der Waals surface area contributed by atoms with Crippen LogP contribution in [0.2, 0.25) is 15.2 Å². The number of carbonyl (C=O) groups is 1. The number of anilines is 1. The van der Waals surface area contributed by atoms with Crippen LogP contribution in [0.1, 0.15) is 0 Å². The molecule has 3 aromatic rings. The number of halogens is 3. The van der Waals surface area contributed by atoms with E-state index in [1.54, 1.807) is 12.1 Å². The number of nitrogens with one attached hydrogen (secondary N) is 1. The number of benzene rings is 2. The van der Waals surface area contributed by atoms with Gasteiger partial charge in [-0.05, 0) is 18.2 Å². The van der Waals surface area contributed by atoms with Gasteiger partial charge in [-0.15, -0.1) is 0 Å². The zero-order valence-corrected chi connectivity index (χ0v) is 16.8. The number of aromatic nitrogens is 2. The van der Waals surface area contributed by atoms with Gasteiger partial charge < -0.3 is 14.8 Å². The molecule has 0 radical (unpaired) electrons. The van der Waals surface area contributed by atoms with Crippen molar-refractivity contribution in [3.8, 4) is 23.0 Å². The molecule has 1 aromatic heterocycles. The standard InChI is InChI=1S/C19H14Cl3N3O3/c1-27-19-16(17(22)24-18(25-19)11-5-3-2-4-6-11)23-15(26)10-28-14-8-7-12(20)9-13(14)21/h2-9H,10H2,1H3,(H,23,26). The number of rotatable bonds is 6. The molecule has 3 rings (SSSR count). The fraction of sp³-hybridized carbons (Fsp3) is 0.105. The molecule has 1 amide bonds. The third-order valence-corrected chi connectivity index (χ3v) is 4.38. The highest BCUT2D eigenvalue weighted by Gasteiger charge is 2.18. The number of hydrogen-bond donors (Lipinski definition) is 1. The Kier molecular flexibility index (Phi) is 6.57. The Morgan fingerprint density at radius 1 is 1.07 bits per heavy atom. The summed E-state index contributed by atoms with van der Waals surface area (Å²) in [6.07, 6.45) is 0. The van der Waals surface area contributed by atoms with Crippen LogP contribution in [0, 0.1) is 0 Å². The predicted octanol–water partition coefficient (Wildman–Crippen LogP) is 5.13. The monoisotopic (exact) mass is 437 g/mol. The molecule has 0 fully saturated rings. The van der Waals surface area contributed by atoms with Crippen molar-refractivity contribution in [2.75, 3.05) is 19.0 Å². The summed E-state index contributed by atoms with van der Waals surface area (Å²) in [5.41, 5.74) is 0.918. The van der Waals surface area contributed by atoms with E-state index in [0.29, 0.717) is 21.6 Å². The van der Waals surface area contributed by atoms with Gasteiger partial charge >= 0.3 is 0 Å². The molecule has 0 unspecified atom stereocenters. The smallest absolute Gasteiger partial charge is 0.262 e. The van der Waals surface area contributed by atoms with Crippen molar-refractivity contribution in [2.45, 2.75) is 0 Å². The first-order valence-corrected chi connectivity index (χ1v) is 9.16. The molecule has 28 heavy (non-hydrogen) atoms. The third-order valence-electron chi connectivity index (χ3n) is 3.57. The van der Waals surface area contributed by atoms with Crippen molar-refractivity contribution in [1.82, 2.24) is 9.97 Å². The zero-order chi connectivity index (χ0) is 20.1. The first-order chi connectivity index (χ1) is 13.5. The van der Waals surface area contributed by atoms with Gasteiger partial charge in [-0.3, -0.25) is 4.79 Å². The molecule has 0 aliphatic carbocycles. The van der Waals surface area contributed by atoms with Gasteiger partial charge in [0.05, 0.1) is 12.1 Å². The number of ether oxygens (including phenoxy) is 2. The van der Waals surface area contributed by atoms with Crippen LogP contribution in [0.3, 0.4) is 0 Å². The summed E-state index contributed by atoms with van der Waals surface area (Å²) in [5, 5.41) is 3.40. The van der Waals surface area contributed by atoms with Gasteiger partial charge in [0.25, 0.3) is 5.91 Å². The van der Waals surface area contributed by atoms with Crippen molar-refractivity contribution in [3.05, 3.63) is 63.7 Å². The Labute approximate surface area is 176 Å². The second-order valence-corrected chi connectivity index (χ2v) is 6.70. The predicted molar refractivity (Wildman–Crippen MR) is 110 cm³/mol. The Morgan fingerprint density at radius 2 is 1.82 bits per heavy atom. The molecule has 6 nitrogen and oxygen atoms in total. The molecule has 0 spiro atoms. The molecule has 0 atom stereocenters. The maximum Gasteiger partial charge on any atom is 0.262 e. The van der Waals surface area contributed by atoms with Gasteiger partial charge in [-0.2, -0.15) is 4.98 Å². The molecule has 0 saturated carbocycles. The largest absolute Gasteiger partial charge is 0.482 e. The lowest BCUT2D eigenvalue weighted by Gasteiger charge is -2.13. The summed E-state index contributed by atoms with van der Waals surface area (Å²) < 4.78 is 10.7. The van der Waals surface area contributed by atoms with E-state index in [-0.39, 0.29) is 23.3 Å². The lowest BCUT2D eigenvalue weighted by atomic mass is 10.2. The van der Waals surface area contributed by atoms with Crippen LogP contribution in [0.4, 0.5) is 5.69 Å². The van der Waals surface area contributed by atoms with Crippen molar-refractivity contribution < 1.29 is 14.3 Å². The average Bonchev–Trinajstić information content (AvgIpc) is 2.69. The number of amides is 1. The van der Waals surface area contributed by atoms with Crippen LogP contribution in [-0.2, 0) is 4.79 Å². The minimum atomic E-state index is -0.484. The molecule has 0 aliphatic rings. The van der Waals surface area contributed by atoms with Crippen molar-refractivity contribution in [3.63, 3.8) is 0 Å². The molecule has 9 heteroatoms. The number of hydrogen-bond acceptors (Lipinski definition) is 5. The van der Waals surface area contributed by atoms with E-state index in [0.717, 1.165) is 5.56 Å². The van der Waals surface area contributed by atoms with Crippen LogP contribution >= 0.6 is 34.8 Å². The molecule has 2 aromatic carbocycles. The maximum atomic E-state index is 12.3. The second-order valence-electron chi connectivity index (χ2n) is 5.50. The molecule has 0 saturated heterocycles. The quantitative estimate of drug-likeness (QED) is 0.540. The van der Waals surface area contributed by atoms with Gasteiger partial charge in [0.2, 0.25) is 5.88 Å². The normalized spacial score (nSPS) is 10.4.